The second-order valence-electron chi connectivity index (χ2n) is 7.60. The number of carbonyl (C=O) groups excluding carboxylic acids is 1. The molecule has 0 radical (unpaired) electrons. The maximum atomic E-state index is 12.5. The first kappa shape index (κ1) is 20.6. The molecule has 2 aromatic heterocycles. The van der Waals surface area contributed by atoms with E-state index >= 15 is 0 Å². The van der Waals surface area contributed by atoms with Gasteiger partial charge in [-0.1, -0.05) is 31.5 Å². The third-order valence-electron chi connectivity index (χ3n) is 4.83. The van der Waals surface area contributed by atoms with Crippen molar-refractivity contribution in [3.05, 3.63) is 35.5 Å². The Bertz CT molecular complexity index is 805. The molecular formula is C21H28ClN5O. The number of hydrogen-bond acceptors (Lipinski definition) is 5. The first-order valence-corrected chi connectivity index (χ1v) is 10.3. The minimum atomic E-state index is -0.0266. The lowest BCUT2D eigenvalue weighted by molar-refractivity contribution is -0.120. The fourth-order valence-corrected chi connectivity index (χ4v) is 3.38. The molecule has 1 aliphatic rings. The second kappa shape index (κ2) is 9.85. The van der Waals surface area contributed by atoms with E-state index in [9.17, 15) is 4.79 Å². The second-order valence-corrected chi connectivity index (χ2v) is 8.01. The van der Waals surface area contributed by atoms with Crippen LogP contribution in [-0.2, 0) is 4.79 Å². The van der Waals surface area contributed by atoms with Gasteiger partial charge in [0.05, 0.1) is 16.6 Å². The van der Waals surface area contributed by atoms with Crippen LogP contribution in [0.25, 0.3) is 11.3 Å². The Balaban J connectivity index is 1.73. The van der Waals surface area contributed by atoms with Crippen molar-refractivity contribution in [2.75, 3.05) is 30.3 Å². The van der Waals surface area contributed by atoms with E-state index in [0.717, 1.165) is 49.4 Å². The molecule has 150 valence electrons. The van der Waals surface area contributed by atoms with Gasteiger partial charge in [0.25, 0.3) is 0 Å². The highest BCUT2D eigenvalue weighted by Crippen LogP contribution is 2.29. The van der Waals surface area contributed by atoms with Gasteiger partial charge in [-0.2, -0.15) is 0 Å². The molecule has 0 bridgehead atoms. The lowest BCUT2D eigenvalue weighted by Gasteiger charge is -2.21. The van der Waals surface area contributed by atoms with Gasteiger partial charge >= 0.3 is 0 Å². The van der Waals surface area contributed by atoms with E-state index in [4.69, 9.17) is 11.6 Å². The molecule has 1 fully saturated rings. The van der Waals surface area contributed by atoms with Gasteiger partial charge in [0.15, 0.2) is 0 Å². The highest BCUT2D eigenvalue weighted by Gasteiger charge is 2.21. The number of amides is 1. The highest BCUT2D eigenvalue weighted by atomic mass is 35.5. The van der Waals surface area contributed by atoms with Gasteiger partial charge in [-0.3, -0.25) is 4.79 Å². The molecule has 3 heterocycles. The van der Waals surface area contributed by atoms with Crippen LogP contribution in [0.4, 0.5) is 11.6 Å². The van der Waals surface area contributed by atoms with Crippen LogP contribution in [0.2, 0.25) is 5.02 Å². The molecule has 7 heteroatoms. The van der Waals surface area contributed by atoms with Gasteiger partial charge in [-0.15, -0.1) is 0 Å². The fourth-order valence-electron chi connectivity index (χ4n) is 3.18. The largest absolute Gasteiger partial charge is 0.370 e. The molecule has 1 amide bonds. The molecule has 28 heavy (non-hydrogen) atoms. The summed E-state index contributed by atoms with van der Waals surface area (Å²) in [6.45, 7) is 6.94. The van der Waals surface area contributed by atoms with Crippen molar-refractivity contribution >= 4 is 29.1 Å². The summed E-state index contributed by atoms with van der Waals surface area (Å²) in [7, 11) is 0. The molecule has 1 aliphatic heterocycles. The molecule has 0 aliphatic carbocycles. The minimum absolute atomic E-state index is 0.00923. The van der Waals surface area contributed by atoms with E-state index in [-0.39, 0.29) is 11.8 Å². The van der Waals surface area contributed by atoms with Crippen LogP contribution in [0, 0.1) is 11.8 Å². The predicted octanol–water partition coefficient (Wildman–Crippen LogP) is 4.19. The van der Waals surface area contributed by atoms with Gasteiger partial charge in [-0.25, -0.2) is 9.97 Å². The first-order valence-electron chi connectivity index (χ1n) is 9.91. The Hall–Kier alpha value is -2.18. The number of pyridine rings is 2. The van der Waals surface area contributed by atoms with Crippen molar-refractivity contribution < 1.29 is 4.79 Å². The number of nitrogens with one attached hydrogen (secondary N) is 3. The summed E-state index contributed by atoms with van der Waals surface area (Å²) in [6, 6.07) is 7.59. The summed E-state index contributed by atoms with van der Waals surface area (Å²) < 4.78 is 0. The number of rotatable bonds is 7. The van der Waals surface area contributed by atoms with E-state index < -0.39 is 0 Å². The highest BCUT2D eigenvalue weighted by molar-refractivity contribution is 6.33. The molecule has 3 rings (SSSR count). The van der Waals surface area contributed by atoms with Crippen molar-refractivity contribution in [2.24, 2.45) is 11.8 Å². The molecular weight excluding hydrogens is 374 g/mol. The van der Waals surface area contributed by atoms with Gasteiger partial charge < -0.3 is 16.0 Å². The summed E-state index contributed by atoms with van der Waals surface area (Å²) in [5, 5.41) is 10.0. The lowest BCUT2D eigenvalue weighted by Crippen LogP contribution is -2.37. The summed E-state index contributed by atoms with van der Waals surface area (Å²) >= 11 is 6.37. The fraction of sp³-hybridized carbons (Fsp3) is 0.476. The number of hydrogen-bond donors (Lipinski definition) is 3. The van der Waals surface area contributed by atoms with Crippen molar-refractivity contribution in [1.29, 1.82) is 0 Å². The maximum Gasteiger partial charge on any atom is 0.229 e. The number of nitrogens with zero attached hydrogens (tertiary/aromatic N) is 2. The average molecular weight is 402 g/mol. The quantitative estimate of drug-likeness (QED) is 0.648. The Morgan fingerprint density at radius 1 is 1.36 bits per heavy atom. The van der Waals surface area contributed by atoms with E-state index in [0.29, 0.717) is 23.3 Å². The predicted molar refractivity (Wildman–Crippen MR) is 115 cm³/mol. The zero-order valence-corrected chi connectivity index (χ0v) is 17.2. The Kier molecular flexibility index (Phi) is 7.23. The van der Waals surface area contributed by atoms with Crippen LogP contribution in [0.15, 0.2) is 30.5 Å². The number of aromatic nitrogens is 2. The van der Waals surface area contributed by atoms with Gasteiger partial charge in [0, 0.05) is 24.8 Å². The number of halogens is 1. The summed E-state index contributed by atoms with van der Waals surface area (Å²) in [5.41, 5.74) is 1.50. The van der Waals surface area contributed by atoms with E-state index in [1.165, 1.54) is 0 Å². The van der Waals surface area contributed by atoms with Crippen molar-refractivity contribution in [3.63, 3.8) is 0 Å². The van der Waals surface area contributed by atoms with Crippen LogP contribution in [0.5, 0.6) is 0 Å². The van der Waals surface area contributed by atoms with Crippen LogP contribution in [0.3, 0.4) is 0 Å². The molecule has 1 saturated heterocycles. The molecule has 0 unspecified atom stereocenters. The molecule has 1 atom stereocenters. The zero-order valence-electron chi connectivity index (χ0n) is 16.5. The van der Waals surface area contributed by atoms with Crippen LogP contribution < -0.4 is 16.0 Å². The van der Waals surface area contributed by atoms with E-state index in [2.05, 4.69) is 39.8 Å². The number of anilines is 2. The van der Waals surface area contributed by atoms with Gasteiger partial charge in [0.2, 0.25) is 5.91 Å². The van der Waals surface area contributed by atoms with E-state index in [1.54, 1.807) is 12.3 Å². The van der Waals surface area contributed by atoms with Crippen LogP contribution in [-0.4, -0.2) is 35.5 Å². The monoisotopic (exact) mass is 401 g/mol. The Labute approximate surface area is 171 Å². The zero-order chi connectivity index (χ0) is 19.9. The Morgan fingerprint density at radius 3 is 2.96 bits per heavy atom. The van der Waals surface area contributed by atoms with E-state index in [1.807, 2.05) is 18.2 Å². The normalized spacial score (nSPS) is 16.8. The van der Waals surface area contributed by atoms with Crippen LogP contribution in [0.1, 0.15) is 33.1 Å². The lowest BCUT2D eigenvalue weighted by atomic mass is 9.99. The standard InChI is InChI=1S/C21H28ClN5O/c1-14(2)8-10-24-19-7-3-6-18(26-19)16-11-20(25-13-17(16)22)27-21(28)15-5-4-9-23-12-15/h3,6-7,11,13-15,23H,4-5,8-10,12H2,1-2H3,(H,24,26)(H,25,27,28)/t15-/m1/s1. The SMILES string of the molecule is CC(C)CCNc1cccc(-c2cc(NC(=O)[C@@H]3CCCNC3)ncc2Cl)n1. The average Bonchev–Trinajstić information content (AvgIpc) is 2.70. The number of carbonyl (C=O) groups is 1. The molecule has 0 aromatic carbocycles. The summed E-state index contributed by atoms with van der Waals surface area (Å²) in [4.78, 5) is 21.4. The minimum Gasteiger partial charge on any atom is -0.370 e. The number of piperidine rings is 1. The molecule has 3 N–H and O–H groups in total. The van der Waals surface area contributed by atoms with Crippen LogP contribution >= 0.6 is 11.6 Å². The first-order chi connectivity index (χ1) is 13.5. The van der Waals surface area contributed by atoms with Crippen molar-refractivity contribution in [3.8, 4) is 11.3 Å². The maximum absolute atomic E-state index is 12.5. The smallest absolute Gasteiger partial charge is 0.229 e. The molecule has 0 spiro atoms. The molecule has 0 saturated carbocycles. The Morgan fingerprint density at radius 2 is 2.21 bits per heavy atom. The van der Waals surface area contributed by atoms with Gasteiger partial charge in [0.1, 0.15) is 11.6 Å². The van der Waals surface area contributed by atoms with Crippen molar-refractivity contribution in [2.45, 2.75) is 33.1 Å². The third-order valence-corrected chi connectivity index (χ3v) is 5.13. The summed E-state index contributed by atoms with van der Waals surface area (Å²) in [6.07, 6.45) is 4.54. The van der Waals surface area contributed by atoms with Gasteiger partial charge in [-0.05, 0) is 49.9 Å². The molecule has 2 aromatic rings. The van der Waals surface area contributed by atoms with Crippen molar-refractivity contribution in [1.82, 2.24) is 15.3 Å². The third kappa shape index (κ3) is 5.66. The summed E-state index contributed by atoms with van der Waals surface area (Å²) in [5.74, 6) is 1.90. The molecule has 6 nitrogen and oxygen atoms in total. The topological polar surface area (TPSA) is 78.9 Å².